The van der Waals surface area contributed by atoms with Crippen LogP contribution in [0.5, 0.6) is 0 Å². The molecule has 6 nitrogen and oxygen atoms in total. The fourth-order valence-electron chi connectivity index (χ4n) is 2.60. The number of likely N-dealkylation sites (N-methyl/N-ethyl adjacent to an activating group) is 1. The number of nitrogens with zero attached hydrogens (tertiary/aromatic N) is 4. The summed E-state index contributed by atoms with van der Waals surface area (Å²) in [5.74, 6) is 0.438. The predicted octanol–water partition coefficient (Wildman–Crippen LogP) is 2.52. The summed E-state index contributed by atoms with van der Waals surface area (Å²) in [6.07, 6.45) is 3.14. The van der Waals surface area contributed by atoms with Crippen molar-refractivity contribution < 1.29 is 4.79 Å². The molecule has 2 aromatic rings. The summed E-state index contributed by atoms with van der Waals surface area (Å²) in [5.41, 5.74) is 1.12. The van der Waals surface area contributed by atoms with Crippen molar-refractivity contribution in [3.8, 4) is 0 Å². The Balaban J connectivity index is 1.61. The van der Waals surface area contributed by atoms with Crippen molar-refractivity contribution in [1.29, 1.82) is 0 Å². The van der Waals surface area contributed by atoms with Gasteiger partial charge in [-0.1, -0.05) is 18.5 Å². The Kier molecular flexibility index (Phi) is 5.27. The average molecular weight is 346 g/mol. The second-order valence-electron chi connectivity index (χ2n) is 5.65. The predicted molar refractivity (Wildman–Crippen MR) is 95.8 cm³/mol. The Morgan fingerprint density at radius 1 is 1.12 bits per heavy atom. The summed E-state index contributed by atoms with van der Waals surface area (Å²) in [6, 6.07) is 6.96. The lowest BCUT2D eigenvalue weighted by atomic mass is 10.2. The van der Waals surface area contributed by atoms with Gasteiger partial charge in [0.2, 0.25) is 5.95 Å². The van der Waals surface area contributed by atoms with Gasteiger partial charge in [-0.3, -0.25) is 4.79 Å². The lowest BCUT2D eigenvalue weighted by Crippen LogP contribution is -2.46. The zero-order chi connectivity index (χ0) is 16.9. The van der Waals surface area contributed by atoms with Crippen LogP contribution < -0.4 is 10.2 Å². The van der Waals surface area contributed by atoms with E-state index in [9.17, 15) is 4.79 Å². The molecule has 1 aromatic carbocycles. The number of amides is 1. The van der Waals surface area contributed by atoms with Crippen LogP contribution in [0.25, 0.3) is 0 Å². The summed E-state index contributed by atoms with van der Waals surface area (Å²) in [5, 5.41) is 3.43. The number of carbonyl (C=O) groups is 1. The van der Waals surface area contributed by atoms with Gasteiger partial charge in [0.1, 0.15) is 0 Å². The fraction of sp³-hybridized carbons (Fsp3) is 0.353. The molecule has 0 atom stereocenters. The Morgan fingerprint density at radius 3 is 2.33 bits per heavy atom. The molecule has 2 heterocycles. The van der Waals surface area contributed by atoms with Gasteiger partial charge in [0.25, 0.3) is 5.91 Å². The van der Waals surface area contributed by atoms with E-state index < -0.39 is 0 Å². The topological polar surface area (TPSA) is 61.4 Å². The van der Waals surface area contributed by atoms with E-state index in [2.05, 4.69) is 32.0 Å². The van der Waals surface area contributed by atoms with Crippen LogP contribution in [0.2, 0.25) is 5.02 Å². The minimum Gasteiger partial charge on any atom is -0.338 e. The second kappa shape index (κ2) is 7.59. The summed E-state index contributed by atoms with van der Waals surface area (Å²) in [6.45, 7) is 7.07. The van der Waals surface area contributed by atoms with Crippen LogP contribution in [0.3, 0.4) is 0 Å². The van der Waals surface area contributed by atoms with Crippen LogP contribution in [-0.2, 0) is 0 Å². The van der Waals surface area contributed by atoms with Gasteiger partial charge in [0.05, 0.1) is 5.56 Å². The third kappa shape index (κ3) is 4.01. The number of anilines is 2. The van der Waals surface area contributed by atoms with E-state index in [0.29, 0.717) is 22.2 Å². The highest BCUT2D eigenvalue weighted by Gasteiger charge is 2.18. The molecule has 0 bridgehead atoms. The Morgan fingerprint density at radius 2 is 1.75 bits per heavy atom. The third-order valence-corrected chi connectivity index (χ3v) is 4.36. The molecule has 24 heavy (non-hydrogen) atoms. The lowest BCUT2D eigenvalue weighted by molar-refractivity contribution is 0.102. The lowest BCUT2D eigenvalue weighted by Gasteiger charge is -2.33. The van der Waals surface area contributed by atoms with Crippen LogP contribution in [0, 0.1) is 0 Å². The first-order chi connectivity index (χ1) is 11.7. The Labute approximate surface area is 146 Å². The summed E-state index contributed by atoms with van der Waals surface area (Å²) < 4.78 is 0. The van der Waals surface area contributed by atoms with Crippen molar-refractivity contribution in [2.45, 2.75) is 6.92 Å². The van der Waals surface area contributed by atoms with Gasteiger partial charge in [-0.25, -0.2) is 9.97 Å². The van der Waals surface area contributed by atoms with E-state index in [-0.39, 0.29) is 5.91 Å². The molecule has 1 N–H and O–H groups in total. The van der Waals surface area contributed by atoms with Gasteiger partial charge in [0.15, 0.2) is 0 Å². The number of hydrogen-bond acceptors (Lipinski definition) is 5. The maximum absolute atomic E-state index is 12.2. The van der Waals surface area contributed by atoms with Gasteiger partial charge < -0.3 is 15.1 Å². The SMILES string of the molecule is CCN1CCN(c2ncc(C(=O)Nc3ccc(Cl)cc3)cn2)CC1. The number of hydrogen-bond donors (Lipinski definition) is 1. The van der Waals surface area contributed by atoms with Gasteiger partial charge >= 0.3 is 0 Å². The quantitative estimate of drug-likeness (QED) is 0.922. The van der Waals surface area contributed by atoms with Crippen LogP contribution in [0.4, 0.5) is 11.6 Å². The number of carbonyl (C=O) groups excluding carboxylic acids is 1. The highest BCUT2D eigenvalue weighted by molar-refractivity contribution is 6.30. The van der Waals surface area contributed by atoms with E-state index in [4.69, 9.17) is 11.6 Å². The van der Waals surface area contributed by atoms with E-state index in [1.54, 1.807) is 36.7 Å². The molecule has 1 fully saturated rings. The molecule has 0 spiro atoms. The minimum atomic E-state index is -0.236. The van der Waals surface area contributed by atoms with Crippen molar-refractivity contribution in [2.75, 3.05) is 42.9 Å². The molecule has 7 heteroatoms. The fourth-order valence-corrected chi connectivity index (χ4v) is 2.73. The van der Waals surface area contributed by atoms with Crippen molar-refractivity contribution in [2.24, 2.45) is 0 Å². The summed E-state index contributed by atoms with van der Waals surface area (Å²) in [4.78, 5) is 25.5. The first-order valence-electron chi connectivity index (χ1n) is 8.02. The first-order valence-corrected chi connectivity index (χ1v) is 8.40. The van der Waals surface area contributed by atoms with Crippen molar-refractivity contribution >= 4 is 29.1 Å². The van der Waals surface area contributed by atoms with Gasteiger partial charge in [-0.15, -0.1) is 0 Å². The third-order valence-electron chi connectivity index (χ3n) is 4.10. The van der Waals surface area contributed by atoms with E-state index in [1.807, 2.05) is 0 Å². The van der Waals surface area contributed by atoms with Crippen LogP contribution in [0.15, 0.2) is 36.7 Å². The molecule has 126 valence electrons. The highest BCUT2D eigenvalue weighted by Crippen LogP contribution is 2.15. The maximum Gasteiger partial charge on any atom is 0.258 e. The molecule has 0 saturated carbocycles. The van der Waals surface area contributed by atoms with E-state index in [1.165, 1.54) is 0 Å². The number of benzene rings is 1. The number of nitrogens with one attached hydrogen (secondary N) is 1. The Bertz CT molecular complexity index is 681. The number of aromatic nitrogens is 2. The number of halogens is 1. The molecular weight excluding hydrogens is 326 g/mol. The van der Waals surface area contributed by atoms with Crippen molar-refractivity contribution in [1.82, 2.24) is 14.9 Å². The Hall–Kier alpha value is -2.18. The van der Waals surface area contributed by atoms with Gasteiger partial charge in [-0.2, -0.15) is 0 Å². The zero-order valence-corrected chi connectivity index (χ0v) is 14.3. The van der Waals surface area contributed by atoms with Crippen LogP contribution >= 0.6 is 11.6 Å². The number of piperazine rings is 1. The number of rotatable bonds is 4. The maximum atomic E-state index is 12.2. The monoisotopic (exact) mass is 345 g/mol. The first kappa shape index (κ1) is 16.7. The van der Waals surface area contributed by atoms with Crippen molar-refractivity contribution in [3.63, 3.8) is 0 Å². The molecule has 1 aliphatic rings. The molecule has 1 saturated heterocycles. The molecule has 1 aromatic heterocycles. The minimum absolute atomic E-state index is 0.236. The van der Waals surface area contributed by atoms with Gasteiger partial charge in [-0.05, 0) is 30.8 Å². The van der Waals surface area contributed by atoms with E-state index in [0.717, 1.165) is 32.7 Å². The second-order valence-corrected chi connectivity index (χ2v) is 6.09. The normalized spacial score (nSPS) is 15.3. The van der Waals surface area contributed by atoms with Crippen molar-refractivity contribution in [3.05, 3.63) is 47.2 Å². The molecule has 0 unspecified atom stereocenters. The highest BCUT2D eigenvalue weighted by atomic mass is 35.5. The summed E-state index contributed by atoms with van der Waals surface area (Å²) >= 11 is 5.83. The van der Waals surface area contributed by atoms with E-state index >= 15 is 0 Å². The van der Waals surface area contributed by atoms with Crippen LogP contribution in [0.1, 0.15) is 17.3 Å². The van der Waals surface area contributed by atoms with Crippen LogP contribution in [-0.4, -0.2) is 53.5 Å². The largest absolute Gasteiger partial charge is 0.338 e. The molecule has 0 radical (unpaired) electrons. The molecule has 0 aliphatic carbocycles. The zero-order valence-electron chi connectivity index (χ0n) is 13.6. The smallest absolute Gasteiger partial charge is 0.258 e. The summed E-state index contributed by atoms with van der Waals surface area (Å²) in [7, 11) is 0. The average Bonchev–Trinajstić information content (AvgIpc) is 2.64. The molecular formula is C17H20ClN5O. The molecule has 1 amide bonds. The molecule has 3 rings (SSSR count). The van der Waals surface area contributed by atoms with Gasteiger partial charge in [0, 0.05) is 49.3 Å². The molecule has 1 aliphatic heterocycles. The standard InChI is InChI=1S/C17H20ClN5O/c1-2-22-7-9-23(10-8-22)17-19-11-13(12-20-17)16(24)21-15-5-3-14(18)4-6-15/h3-6,11-12H,2,7-10H2,1H3,(H,21,24).